The third kappa shape index (κ3) is 5.04. The molecule has 0 radical (unpaired) electrons. The Labute approximate surface area is 152 Å². The van der Waals surface area contributed by atoms with Gasteiger partial charge < -0.3 is 4.52 Å². The van der Waals surface area contributed by atoms with Gasteiger partial charge in [-0.05, 0) is 50.8 Å². The van der Waals surface area contributed by atoms with Crippen LogP contribution in [0.2, 0.25) is 0 Å². The third-order valence-corrected chi connectivity index (χ3v) is 7.30. The second kappa shape index (κ2) is 7.15. The molecule has 1 aromatic rings. The normalized spacial score (nSPS) is 25.2. The first-order valence-corrected chi connectivity index (χ1v) is 10.9. The van der Waals surface area contributed by atoms with Crippen molar-refractivity contribution in [3.63, 3.8) is 0 Å². The Morgan fingerprint density at radius 2 is 1.91 bits per heavy atom. The molecule has 23 heavy (non-hydrogen) atoms. The minimum atomic E-state index is -3.51. The number of hydrogen-bond donors (Lipinski definition) is 1. The summed E-state index contributed by atoms with van der Waals surface area (Å²) in [4.78, 5) is 1.10. The highest BCUT2D eigenvalue weighted by Gasteiger charge is 2.63. The first kappa shape index (κ1) is 19.4. The van der Waals surface area contributed by atoms with Crippen molar-refractivity contribution < 1.29 is 13.6 Å². The predicted octanol–water partition coefficient (Wildman–Crippen LogP) is 5.49. The SMILES string of the molecule is CSc1ccc(OP(=O)(NC(C)C)OCC2(C)CC2(Cl)Cl)cc1. The van der Waals surface area contributed by atoms with E-state index in [4.69, 9.17) is 32.2 Å². The molecule has 1 fully saturated rings. The average Bonchev–Trinajstić information content (AvgIpc) is 2.96. The summed E-state index contributed by atoms with van der Waals surface area (Å²) in [6.45, 7) is 5.82. The number of nitrogens with one attached hydrogen (secondary N) is 1. The van der Waals surface area contributed by atoms with Gasteiger partial charge in [-0.2, -0.15) is 0 Å². The highest BCUT2D eigenvalue weighted by molar-refractivity contribution is 7.98. The predicted molar refractivity (Wildman–Crippen MR) is 97.8 cm³/mol. The van der Waals surface area contributed by atoms with Crippen LogP contribution in [0.3, 0.4) is 0 Å². The molecule has 1 aliphatic carbocycles. The van der Waals surface area contributed by atoms with Crippen molar-refractivity contribution in [2.24, 2.45) is 5.41 Å². The van der Waals surface area contributed by atoms with Crippen molar-refractivity contribution in [2.75, 3.05) is 12.9 Å². The van der Waals surface area contributed by atoms with Crippen LogP contribution in [-0.2, 0) is 9.09 Å². The number of alkyl halides is 2. The van der Waals surface area contributed by atoms with E-state index < -0.39 is 17.5 Å². The molecule has 0 spiro atoms. The largest absolute Gasteiger partial charge is 0.458 e. The molecule has 0 aromatic heterocycles. The second-order valence-electron chi connectivity index (χ2n) is 6.26. The van der Waals surface area contributed by atoms with Crippen LogP contribution in [-0.4, -0.2) is 23.2 Å². The van der Waals surface area contributed by atoms with E-state index in [2.05, 4.69) is 5.09 Å². The summed E-state index contributed by atoms with van der Waals surface area (Å²) in [5.41, 5.74) is -0.406. The lowest BCUT2D eigenvalue weighted by molar-refractivity contribution is 0.206. The van der Waals surface area contributed by atoms with Gasteiger partial charge in [-0.3, -0.25) is 4.52 Å². The van der Waals surface area contributed by atoms with Gasteiger partial charge in [-0.1, -0.05) is 6.92 Å². The smallest absolute Gasteiger partial charge is 0.413 e. The summed E-state index contributed by atoms with van der Waals surface area (Å²) in [6, 6.07) is 7.30. The van der Waals surface area contributed by atoms with Gasteiger partial charge in [0.25, 0.3) is 0 Å². The first-order valence-electron chi connectivity index (χ1n) is 7.33. The maximum atomic E-state index is 13.0. The fourth-order valence-electron chi connectivity index (χ4n) is 2.01. The van der Waals surface area contributed by atoms with E-state index in [1.807, 2.05) is 39.2 Å². The van der Waals surface area contributed by atoms with E-state index >= 15 is 0 Å². The molecule has 0 aliphatic heterocycles. The van der Waals surface area contributed by atoms with Crippen LogP contribution < -0.4 is 9.61 Å². The zero-order valence-corrected chi connectivity index (χ0v) is 16.9. The van der Waals surface area contributed by atoms with Gasteiger partial charge in [0.1, 0.15) is 10.1 Å². The standard InChI is InChI=1S/C15H22Cl2NO3PS/c1-11(2)18-22(19,20-10-14(3)9-15(14,16)17)21-12-5-7-13(23-4)8-6-12/h5-8,11H,9-10H2,1-4H3,(H,18,19). The van der Waals surface area contributed by atoms with E-state index in [0.717, 1.165) is 4.90 Å². The molecule has 0 bridgehead atoms. The van der Waals surface area contributed by atoms with Crippen molar-refractivity contribution in [1.82, 2.24) is 5.09 Å². The lowest BCUT2D eigenvalue weighted by Crippen LogP contribution is -2.25. The Bertz CT molecular complexity index is 597. The summed E-state index contributed by atoms with van der Waals surface area (Å²) in [5.74, 6) is 0.489. The van der Waals surface area contributed by atoms with E-state index in [9.17, 15) is 4.57 Å². The summed E-state index contributed by atoms with van der Waals surface area (Å²) in [7, 11) is -3.51. The number of hydrogen-bond acceptors (Lipinski definition) is 4. The molecule has 2 atom stereocenters. The van der Waals surface area contributed by atoms with E-state index in [1.165, 1.54) is 0 Å². The lowest BCUT2D eigenvalue weighted by Gasteiger charge is -2.23. The molecular weight excluding hydrogens is 376 g/mol. The summed E-state index contributed by atoms with van der Waals surface area (Å²) in [5, 5.41) is 2.88. The minimum absolute atomic E-state index is 0.0601. The van der Waals surface area contributed by atoms with Crippen LogP contribution in [0.5, 0.6) is 5.75 Å². The van der Waals surface area contributed by atoms with Crippen LogP contribution in [0.4, 0.5) is 0 Å². The molecular formula is C15H22Cl2NO3PS. The Morgan fingerprint density at radius 3 is 2.35 bits per heavy atom. The molecule has 4 nitrogen and oxygen atoms in total. The van der Waals surface area contributed by atoms with Crippen molar-refractivity contribution >= 4 is 42.7 Å². The van der Waals surface area contributed by atoms with Crippen molar-refractivity contribution in [3.05, 3.63) is 24.3 Å². The van der Waals surface area contributed by atoms with E-state index in [0.29, 0.717) is 12.2 Å². The van der Waals surface area contributed by atoms with E-state index in [1.54, 1.807) is 23.9 Å². The molecule has 2 rings (SSSR count). The highest BCUT2D eigenvalue weighted by atomic mass is 35.5. The van der Waals surface area contributed by atoms with Gasteiger partial charge in [0, 0.05) is 16.4 Å². The fraction of sp³-hybridized carbons (Fsp3) is 0.600. The van der Waals surface area contributed by atoms with Crippen molar-refractivity contribution in [1.29, 1.82) is 0 Å². The van der Waals surface area contributed by atoms with Gasteiger partial charge >= 0.3 is 7.75 Å². The summed E-state index contributed by atoms with van der Waals surface area (Å²) < 4.78 is 23.4. The van der Waals surface area contributed by atoms with Crippen molar-refractivity contribution in [3.8, 4) is 5.75 Å². The number of benzene rings is 1. The monoisotopic (exact) mass is 397 g/mol. The zero-order valence-electron chi connectivity index (χ0n) is 13.6. The first-order chi connectivity index (χ1) is 10.6. The maximum absolute atomic E-state index is 13.0. The third-order valence-electron chi connectivity index (χ3n) is 3.62. The number of thioether (sulfide) groups is 1. The highest BCUT2D eigenvalue weighted by Crippen LogP contribution is 2.65. The number of rotatable bonds is 8. The molecule has 1 aliphatic rings. The molecule has 1 aromatic carbocycles. The van der Waals surface area contributed by atoms with Gasteiger partial charge in [0.05, 0.1) is 6.61 Å². The van der Waals surface area contributed by atoms with Crippen LogP contribution in [0.15, 0.2) is 29.2 Å². The van der Waals surface area contributed by atoms with E-state index in [-0.39, 0.29) is 12.6 Å². The zero-order chi connectivity index (χ0) is 17.3. The molecule has 130 valence electrons. The van der Waals surface area contributed by atoms with Crippen LogP contribution in [0.25, 0.3) is 0 Å². The molecule has 2 unspecified atom stereocenters. The summed E-state index contributed by atoms with van der Waals surface area (Å²) in [6.07, 6.45) is 2.60. The van der Waals surface area contributed by atoms with Crippen molar-refractivity contribution in [2.45, 2.75) is 42.5 Å². The quantitative estimate of drug-likeness (QED) is 0.356. The minimum Gasteiger partial charge on any atom is -0.413 e. The topological polar surface area (TPSA) is 47.6 Å². The maximum Gasteiger partial charge on any atom is 0.458 e. The molecule has 1 N–H and O–H groups in total. The number of halogens is 2. The van der Waals surface area contributed by atoms with Crippen LogP contribution in [0.1, 0.15) is 27.2 Å². The lowest BCUT2D eigenvalue weighted by atomic mass is 10.2. The molecule has 8 heteroatoms. The fourth-order valence-corrected chi connectivity index (χ4v) is 4.79. The Morgan fingerprint density at radius 1 is 1.35 bits per heavy atom. The van der Waals surface area contributed by atoms with Gasteiger partial charge in [-0.15, -0.1) is 35.0 Å². The molecule has 1 saturated carbocycles. The molecule has 0 amide bonds. The van der Waals surface area contributed by atoms with Gasteiger partial charge in [-0.25, -0.2) is 9.65 Å². The van der Waals surface area contributed by atoms with Gasteiger partial charge in [0.2, 0.25) is 0 Å². The Balaban J connectivity index is 2.06. The second-order valence-corrected chi connectivity index (χ2v) is 10.3. The van der Waals surface area contributed by atoms with Crippen LogP contribution in [0, 0.1) is 5.41 Å². The molecule has 0 saturated heterocycles. The van der Waals surface area contributed by atoms with Gasteiger partial charge in [0.15, 0.2) is 0 Å². The summed E-state index contributed by atoms with van der Waals surface area (Å²) >= 11 is 13.8. The molecule has 0 heterocycles. The average molecular weight is 398 g/mol. The Hall–Kier alpha value is 0.1000. The Kier molecular flexibility index (Phi) is 6.04. The van der Waals surface area contributed by atoms with Crippen LogP contribution >= 0.6 is 42.7 Å².